The Morgan fingerprint density at radius 1 is 1.21 bits per heavy atom. The maximum absolute atomic E-state index is 13.0. The highest BCUT2D eigenvalue weighted by Gasteiger charge is 3.06. The number of aromatic amines is 1. The van der Waals surface area contributed by atoms with Gasteiger partial charge in [-0.2, -0.15) is 0 Å². The Morgan fingerprint density at radius 2 is 1.82 bits per heavy atom. The number of hydrogen-bond donors (Lipinski definition) is 6. The first-order valence-electron chi connectivity index (χ1n) is 11.7. The molecule has 0 amide bonds. The van der Waals surface area contributed by atoms with Crippen LogP contribution in [0.4, 0.5) is 0 Å². The van der Waals surface area contributed by atoms with Gasteiger partial charge in [-0.1, -0.05) is 34.6 Å². The van der Waals surface area contributed by atoms with E-state index in [1.165, 1.54) is 13.0 Å². The molecule has 192 valence electrons. The SMILES string of the molecule is CC(C)[C@@]1(O)[C@@H](OC(=O)c2ccc[nH]2)[C@@]2(O)C(C)(C)[C@@]3(O)CC[C@H](C)[C@@H](O)[C@@]34O[C@]1(C)[C@]42O.O. The molecule has 3 aliphatic carbocycles. The number of aromatic nitrogens is 1. The number of rotatable bonds is 3. The summed E-state index contributed by atoms with van der Waals surface area (Å²) in [5.41, 5.74) is -13.8. The van der Waals surface area contributed by atoms with Crippen LogP contribution in [0.25, 0.3) is 0 Å². The van der Waals surface area contributed by atoms with Crippen LogP contribution in [0.3, 0.4) is 0 Å². The molecule has 10 nitrogen and oxygen atoms in total. The third-order valence-corrected chi connectivity index (χ3v) is 10.1. The van der Waals surface area contributed by atoms with Crippen molar-refractivity contribution in [3.63, 3.8) is 0 Å². The van der Waals surface area contributed by atoms with Crippen LogP contribution in [0.5, 0.6) is 0 Å². The summed E-state index contributed by atoms with van der Waals surface area (Å²) >= 11 is 0. The van der Waals surface area contributed by atoms with Crippen molar-refractivity contribution in [3.05, 3.63) is 24.0 Å². The summed E-state index contributed by atoms with van der Waals surface area (Å²) in [7, 11) is 0. The van der Waals surface area contributed by atoms with Gasteiger partial charge >= 0.3 is 5.97 Å². The van der Waals surface area contributed by atoms with Gasteiger partial charge in [0.15, 0.2) is 17.3 Å². The molecule has 0 unspecified atom stereocenters. The van der Waals surface area contributed by atoms with E-state index >= 15 is 0 Å². The number of carbonyl (C=O) groups excluding carboxylic acids is 1. The molecule has 0 radical (unpaired) electrons. The van der Waals surface area contributed by atoms with E-state index in [1.807, 2.05) is 0 Å². The summed E-state index contributed by atoms with van der Waals surface area (Å²) in [6, 6.07) is 3.11. The quantitative estimate of drug-likeness (QED) is 0.316. The number of ether oxygens (including phenoxy) is 2. The number of H-pyrrole nitrogens is 1. The van der Waals surface area contributed by atoms with E-state index in [-0.39, 0.29) is 23.5 Å². The molecule has 10 heteroatoms. The smallest absolute Gasteiger partial charge is 0.355 e. The maximum atomic E-state index is 13.0. The second kappa shape index (κ2) is 6.61. The van der Waals surface area contributed by atoms with Gasteiger partial charge in [-0.15, -0.1) is 0 Å². The minimum absolute atomic E-state index is 0. The summed E-state index contributed by atoms with van der Waals surface area (Å²) in [6.07, 6.45) is -0.855. The number of esters is 1. The minimum Gasteiger partial charge on any atom is -0.451 e. The van der Waals surface area contributed by atoms with Crippen LogP contribution in [-0.2, 0) is 9.47 Å². The van der Waals surface area contributed by atoms with Gasteiger partial charge < -0.3 is 45.5 Å². The van der Waals surface area contributed by atoms with Crippen molar-refractivity contribution < 1.29 is 45.3 Å². The fraction of sp³-hybridized carbons (Fsp3) is 0.792. The van der Waals surface area contributed by atoms with Gasteiger partial charge in [0.25, 0.3) is 0 Å². The third kappa shape index (κ3) is 1.95. The third-order valence-electron chi connectivity index (χ3n) is 10.1. The van der Waals surface area contributed by atoms with E-state index in [1.54, 1.807) is 46.9 Å². The van der Waals surface area contributed by atoms with Gasteiger partial charge in [-0.3, -0.25) is 0 Å². The van der Waals surface area contributed by atoms with Crippen molar-refractivity contribution in [1.82, 2.24) is 4.98 Å². The molecule has 9 atom stereocenters. The van der Waals surface area contributed by atoms with Crippen molar-refractivity contribution in [2.75, 3.05) is 0 Å². The maximum Gasteiger partial charge on any atom is 0.355 e. The molecule has 8 N–H and O–H groups in total. The van der Waals surface area contributed by atoms with Gasteiger partial charge in [0, 0.05) is 11.6 Å². The molecule has 1 aliphatic heterocycles. The molecule has 3 saturated carbocycles. The Hall–Kier alpha value is -1.53. The molecular formula is C24H37NO9. The predicted molar refractivity (Wildman–Crippen MR) is 119 cm³/mol. The molecule has 2 heterocycles. The van der Waals surface area contributed by atoms with Crippen LogP contribution >= 0.6 is 0 Å². The Morgan fingerprint density at radius 3 is 2.35 bits per heavy atom. The normalized spacial score (nSPS) is 52.4. The molecular weight excluding hydrogens is 446 g/mol. The van der Waals surface area contributed by atoms with Crippen molar-refractivity contribution in [2.45, 2.75) is 100 Å². The van der Waals surface area contributed by atoms with E-state index in [4.69, 9.17) is 9.47 Å². The standard InChI is InChI=1S/C24H35NO8.H2O/c1-12(2)21(29)17(32-16(27)14-8-7-11-25-14)22(30)18(4,5)20(28)10-9-13(3)15(26)23(20)24(22,31)19(21,6)33-23;/h7-8,11-13,15,17,25-26,28-31H,9-10H2,1-6H3;1H2/t13-,15+,17+,19-,20-,21+,22+,23+,24+;/m0./s1. The van der Waals surface area contributed by atoms with E-state index in [0.717, 1.165) is 0 Å². The minimum atomic E-state index is -2.35. The second-order valence-electron chi connectivity index (χ2n) is 11.6. The lowest BCUT2D eigenvalue weighted by molar-refractivity contribution is -0.476. The molecule has 4 aliphatic rings. The van der Waals surface area contributed by atoms with Crippen LogP contribution < -0.4 is 0 Å². The van der Waals surface area contributed by atoms with Crippen molar-refractivity contribution in [3.8, 4) is 0 Å². The topological polar surface area (TPSA) is 184 Å². The number of nitrogens with one attached hydrogen (secondary N) is 1. The van der Waals surface area contributed by atoms with E-state index in [0.29, 0.717) is 6.42 Å². The lowest BCUT2D eigenvalue weighted by atomic mass is 9.51. The number of hydrogen-bond acceptors (Lipinski definition) is 8. The summed E-state index contributed by atoms with van der Waals surface area (Å²) in [6.45, 7) is 9.75. The molecule has 0 aromatic carbocycles. The zero-order valence-corrected chi connectivity index (χ0v) is 20.4. The van der Waals surface area contributed by atoms with Crippen LogP contribution in [0.1, 0.15) is 64.9 Å². The summed E-state index contributed by atoms with van der Waals surface area (Å²) in [5.74, 6) is -1.81. The molecule has 1 spiro atoms. The molecule has 4 fully saturated rings. The first kappa shape index (κ1) is 25.6. The van der Waals surface area contributed by atoms with Gasteiger partial charge in [0.05, 0.1) is 6.10 Å². The summed E-state index contributed by atoms with van der Waals surface area (Å²) in [4.78, 5) is 15.8. The average Bonchev–Trinajstić information content (AvgIpc) is 3.33. The highest BCUT2D eigenvalue weighted by atomic mass is 16.7. The number of aliphatic hydroxyl groups excluding tert-OH is 1. The van der Waals surface area contributed by atoms with E-state index in [9.17, 15) is 30.3 Å². The van der Waals surface area contributed by atoms with Gasteiger partial charge in [0.2, 0.25) is 0 Å². The highest BCUT2D eigenvalue weighted by molar-refractivity contribution is 5.87. The Labute approximate surface area is 198 Å². The van der Waals surface area contributed by atoms with Crippen molar-refractivity contribution >= 4 is 5.97 Å². The van der Waals surface area contributed by atoms with Gasteiger partial charge in [-0.25, -0.2) is 4.79 Å². The zero-order chi connectivity index (χ0) is 24.6. The molecule has 0 bridgehead atoms. The van der Waals surface area contributed by atoms with E-state index in [2.05, 4.69) is 4.98 Å². The van der Waals surface area contributed by atoms with Crippen LogP contribution in [0.2, 0.25) is 0 Å². The van der Waals surface area contributed by atoms with Gasteiger partial charge in [-0.05, 0) is 43.7 Å². The molecule has 34 heavy (non-hydrogen) atoms. The lowest BCUT2D eigenvalue weighted by Crippen LogP contribution is -2.92. The first-order valence-corrected chi connectivity index (χ1v) is 11.7. The zero-order valence-electron chi connectivity index (χ0n) is 20.4. The molecule has 1 aromatic rings. The Balaban J connectivity index is 0.00000274. The second-order valence-corrected chi connectivity index (χ2v) is 11.6. The number of aliphatic hydroxyl groups is 5. The largest absolute Gasteiger partial charge is 0.451 e. The van der Waals surface area contributed by atoms with Crippen molar-refractivity contribution in [2.24, 2.45) is 17.3 Å². The van der Waals surface area contributed by atoms with E-state index < -0.39 is 63.1 Å². The monoisotopic (exact) mass is 483 g/mol. The average molecular weight is 484 g/mol. The predicted octanol–water partition coefficient (Wildman–Crippen LogP) is -0.332. The Bertz CT molecular complexity index is 1010. The fourth-order valence-electron chi connectivity index (χ4n) is 8.17. The molecule has 1 saturated heterocycles. The van der Waals surface area contributed by atoms with Crippen molar-refractivity contribution in [1.29, 1.82) is 0 Å². The molecule has 5 rings (SSSR count). The fourth-order valence-corrected chi connectivity index (χ4v) is 8.17. The summed E-state index contributed by atoms with van der Waals surface area (Å²) < 4.78 is 12.2. The molecule has 1 aromatic heterocycles. The van der Waals surface area contributed by atoms with Crippen LogP contribution in [0.15, 0.2) is 18.3 Å². The van der Waals surface area contributed by atoms with Gasteiger partial charge in [0.1, 0.15) is 28.1 Å². The Kier molecular flexibility index (Phi) is 4.97. The number of carbonyl (C=O) groups is 1. The lowest BCUT2D eigenvalue weighted by Gasteiger charge is -2.71. The van der Waals surface area contributed by atoms with Crippen LogP contribution in [0, 0.1) is 17.3 Å². The first-order chi connectivity index (χ1) is 15.1. The summed E-state index contributed by atoms with van der Waals surface area (Å²) in [5, 5.41) is 60.6. The highest BCUT2D eigenvalue weighted by Crippen LogP contribution is 2.84. The van der Waals surface area contributed by atoms with Crippen LogP contribution in [-0.4, -0.2) is 87.8 Å².